The minimum Gasteiger partial charge on any atom is -0.289 e. The lowest BCUT2D eigenvalue weighted by molar-refractivity contribution is -0.0509. The van der Waals surface area contributed by atoms with Crippen molar-refractivity contribution < 1.29 is 14.0 Å². The van der Waals surface area contributed by atoms with Crippen molar-refractivity contribution in [1.82, 2.24) is 14.8 Å². The summed E-state index contributed by atoms with van der Waals surface area (Å²) in [4.78, 5) is 0. The predicted octanol–water partition coefficient (Wildman–Crippen LogP) is 3.01. The van der Waals surface area contributed by atoms with E-state index in [1.54, 1.807) is 0 Å². The summed E-state index contributed by atoms with van der Waals surface area (Å²) in [5.41, 5.74) is 0.601. The van der Waals surface area contributed by atoms with E-state index in [9.17, 15) is 14.0 Å². The van der Waals surface area contributed by atoms with Crippen molar-refractivity contribution in [2.24, 2.45) is 0 Å². The number of hydroxylamine groups is 2. The molecule has 1 aromatic heterocycles. The van der Waals surface area contributed by atoms with Crippen molar-refractivity contribution in [2.45, 2.75) is 6.54 Å². The van der Waals surface area contributed by atoms with Crippen LogP contribution >= 0.6 is 11.6 Å². The third kappa shape index (κ3) is 2.24. The van der Waals surface area contributed by atoms with E-state index in [4.69, 9.17) is 16.9 Å². The molecule has 0 radical (unpaired) electrons. The van der Waals surface area contributed by atoms with E-state index >= 15 is 0 Å². The van der Waals surface area contributed by atoms with Crippen molar-refractivity contribution in [2.75, 3.05) is 0 Å². The highest BCUT2D eigenvalue weighted by molar-refractivity contribution is 6.32. The van der Waals surface area contributed by atoms with Gasteiger partial charge in [0.25, 0.3) is 0 Å². The van der Waals surface area contributed by atoms with Gasteiger partial charge in [0.15, 0.2) is 5.83 Å². The zero-order valence-electron chi connectivity index (χ0n) is 10.4. The quantitative estimate of drug-likeness (QED) is 0.879. The molecule has 21 heavy (non-hydrogen) atoms. The molecule has 2 aromatic rings. The lowest BCUT2D eigenvalue weighted by Crippen LogP contribution is -2.15. The summed E-state index contributed by atoms with van der Waals surface area (Å²) in [7, 11) is 0. The van der Waals surface area contributed by atoms with E-state index in [0.29, 0.717) is 10.6 Å². The van der Waals surface area contributed by atoms with Gasteiger partial charge < -0.3 is 0 Å². The van der Waals surface area contributed by atoms with E-state index in [2.05, 4.69) is 5.10 Å². The second kappa shape index (κ2) is 4.84. The summed E-state index contributed by atoms with van der Waals surface area (Å²) in [5, 5.41) is 23.1. The topological polar surface area (TPSA) is 65.1 Å². The lowest BCUT2D eigenvalue weighted by atomic mass is 10.2. The third-order valence-electron chi connectivity index (χ3n) is 2.99. The van der Waals surface area contributed by atoms with Gasteiger partial charge in [-0.1, -0.05) is 11.6 Å². The molecule has 8 heteroatoms. The number of hydrogen-bond acceptors (Lipinski definition) is 4. The van der Waals surface area contributed by atoms with Gasteiger partial charge in [0, 0.05) is 11.8 Å². The van der Waals surface area contributed by atoms with Crippen LogP contribution in [0.25, 0.3) is 11.5 Å². The molecule has 0 saturated heterocycles. The zero-order valence-corrected chi connectivity index (χ0v) is 11.1. The highest BCUT2D eigenvalue weighted by Gasteiger charge is 2.23. The monoisotopic (exact) mass is 308 g/mol. The summed E-state index contributed by atoms with van der Waals surface area (Å²) >= 11 is 5.96. The molecule has 1 N–H and O–H groups in total. The van der Waals surface area contributed by atoms with E-state index in [1.807, 2.05) is 6.07 Å². The molecule has 2 heterocycles. The molecule has 0 fully saturated rings. The van der Waals surface area contributed by atoms with Gasteiger partial charge in [-0.3, -0.25) is 10.3 Å². The Morgan fingerprint density at radius 2 is 2.14 bits per heavy atom. The van der Waals surface area contributed by atoms with Gasteiger partial charge in [0.2, 0.25) is 0 Å². The first-order valence-electron chi connectivity index (χ1n) is 5.81. The molecule has 106 valence electrons. The second-order valence-corrected chi connectivity index (χ2v) is 4.82. The number of halogens is 3. The minimum absolute atomic E-state index is 0.0170. The van der Waals surface area contributed by atoms with Crippen LogP contribution in [0.2, 0.25) is 5.02 Å². The summed E-state index contributed by atoms with van der Waals surface area (Å²) < 4.78 is 28.2. The summed E-state index contributed by atoms with van der Waals surface area (Å²) in [6.07, 6.45) is 2.34. The van der Waals surface area contributed by atoms with E-state index in [1.165, 1.54) is 10.9 Å². The summed E-state index contributed by atoms with van der Waals surface area (Å²) in [5.74, 6) is -1.36. The third-order valence-corrected chi connectivity index (χ3v) is 3.28. The summed E-state index contributed by atoms with van der Waals surface area (Å²) in [6, 6.07) is 3.89. The van der Waals surface area contributed by atoms with Crippen molar-refractivity contribution >= 4 is 17.4 Å². The van der Waals surface area contributed by atoms with Crippen molar-refractivity contribution in [3.8, 4) is 11.8 Å². The molecule has 0 bridgehead atoms. The van der Waals surface area contributed by atoms with Gasteiger partial charge in [-0.25, -0.2) is 13.5 Å². The molecule has 5 nitrogen and oxygen atoms in total. The maximum Gasteiger partial charge on any atom is 0.169 e. The van der Waals surface area contributed by atoms with Gasteiger partial charge in [0.1, 0.15) is 23.3 Å². The Kier molecular flexibility index (Phi) is 3.12. The van der Waals surface area contributed by atoms with Crippen molar-refractivity contribution in [3.05, 3.63) is 52.2 Å². The van der Waals surface area contributed by atoms with Crippen LogP contribution in [0.5, 0.6) is 0 Å². The Bertz CT molecular complexity index is 809. The normalized spacial score (nSPS) is 13.7. The molecule has 0 amide bonds. The SMILES string of the molecule is N#Cc1cc(F)cc(Cl)c1-n1cc2c(n1)C(F)=CN(O)C2. The first-order valence-corrected chi connectivity index (χ1v) is 6.18. The van der Waals surface area contributed by atoms with Crippen LogP contribution in [0, 0.1) is 17.1 Å². The smallest absolute Gasteiger partial charge is 0.169 e. The number of aromatic nitrogens is 2. The Balaban J connectivity index is 2.19. The van der Waals surface area contributed by atoms with E-state index in [0.717, 1.165) is 18.3 Å². The van der Waals surface area contributed by atoms with Gasteiger partial charge in [-0.15, -0.1) is 0 Å². The molecule has 0 aliphatic carbocycles. The van der Waals surface area contributed by atoms with Gasteiger partial charge >= 0.3 is 0 Å². The fourth-order valence-corrected chi connectivity index (χ4v) is 2.43. The highest BCUT2D eigenvalue weighted by Crippen LogP contribution is 2.30. The van der Waals surface area contributed by atoms with E-state index < -0.39 is 11.6 Å². The Morgan fingerprint density at radius 3 is 2.86 bits per heavy atom. The lowest BCUT2D eigenvalue weighted by Gasteiger charge is -2.15. The van der Waals surface area contributed by atoms with Crippen LogP contribution in [0.1, 0.15) is 16.8 Å². The van der Waals surface area contributed by atoms with Crippen LogP contribution in [0.15, 0.2) is 24.5 Å². The fourth-order valence-electron chi connectivity index (χ4n) is 2.14. The van der Waals surface area contributed by atoms with Gasteiger partial charge in [-0.05, 0) is 12.1 Å². The van der Waals surface area contributed by atoms with Crippen LogP contribution in [0.3, 0.4) is 0 Å². The number of hydrogen-bond donors (Lipinski definition) is 1. The van der Waals surface area contributed by atoms with Gasteiger partial charge in [-0.2, -0.15) is 10.4 Å². The van der Waals surface area contributed by atoms with Crippen LogP contribution in [-0.4, -0.2) is 20.1 Å². The summed E-state index contributed by atoms with van der Waals surface area (Å²) in [6.45, 7) is 0.0451. The molecule has 1 aliphatic rings. The number of nitriles is 1. The van der Waals surface area contributed by atoms with E-state index in [-0.39, 0.29) is 28.5 Å². The Labute approximate surface area is 122 Å². The van der Waals surface area contributed by atoms with Gasteiger partial charge in [0.05, 0.1) is 23.3 Å². The fraction of sp³-hybridized carbons (Fsp3) is 0.0769. The molecule has 1 aromatic carbocycles. The first kappa shape index (κ1) is 13.5. The molecular formula is C13H7ClF2N4O. The maximum atomic E-state index is 13.7. The predicted molar refractivity (Wildman–Crippen MR) is 69.7 cm³/mol. The van der Waals surface area contributed by atoms with Crippen LogP contribution < -0.4 is 0 Å². The van der Waals surface area contributed by atoms with Crippen LogP contribution in [0.4, 0.5) is 8.78 Å². The molecule has 0 atom stereocenters. The van der Waals surface area contributed by atoms with Crippen molar-refractivity contribution in [1.29, 1.82) is 5.26 Å². The molecular weight excluding hydrogens is 302 g/mol. The maximum absolute atomic E-state index is 13.7. The largest absolute Gasteiger partial charge is 0.289 e. The molecule has 0 saturated carbocycles. The Morgan fingerprint density at radius 1 is 1.38 bits per heavy atom. The average Bonchev–Trinajstić information content (AvgIpc) is 2.81. The second-order valence-electron chi connectivity index (χ2n) is 4.42. The molecule has 3 rings (SSSR count). The first-order chi connectivity index (χ1) is 9.99. The zero-order chi connectivity index (χ0) is 15.1. The molecule has 1 aliphatic heterocycles. The number of nitrogens with zero attached hydrogens (tertiary/aromatic N) is 4. The number of fused-ring (bicyclic) bond motifs is 1. The number of rotatable bonds is 1. The average molecular weight is 309 g/mol. The van der Waals surface area contributed by atoms with Crippen molar-refractivity contribution in [3.63, 3.8) is 0 Å². The highest BCUT2D eigenvalue weighted by atomic mass is 35.5. The molecule has 0 unspecified atom stereocenters. The van der Waals surface area contributed by atoms with Crippen LogP contribution in [-0.2, 0) is 6.54 Å². The Hall–Kier alpha value is -2.43. The molecule has 0 spiro atoms. The minimum atomic E-state index is -0.714. The number of benzene rings is 1. The standard InChI is InChI=1S/C13H7ClF2N4O/c14-10-2-9(15)1-7(3-17)13(10)20-5-8-4-19(21)6-11(16)12(8)18-20/h1-2,5-6,21H,4H2.